The first kappa shape index (κ1) is 30.6. The van der Waals surface area contributed by atoms with E-state index in [4.69, 9.17) is 14.2 Å². The normalized spacial score (nSPS) is 41.7. The lowest BCUT2D eigenvalue weighted by Crippen LogP contribution is -2.78. The van der Waals surface area contributed by atoms with Crippen LogP contribution in [0.2, 0.25) is 0 Å². The van der Waals surface area contributed by atoms with Crippen molar-refractivity contribution >= 4 is 23.6 Å². The average Bonchev–Trinajstić information content (AvgIpc) is 2.83. The minimum Gasteiger partial charge on any atom is -0.459 e. The van der Waals surface area contributed by atoms with Gasteiger partial charge in [0.2, 0.25) is 5.91 Å². The number of ether oxygens (including phenoxy) is 3. The Morgan fingerprint density at radius 3 is 2.27 bits per heavy atom. The molecule has 2 saturated carbocycles. The van der Waals surface area contributed by atoms with Crippen molar-refractivity contribution in [1.29, 1.82) is 0 Å². The van der Waals surface area contributed by atoms with E-state index in [1.807, 2.05) is 0 Å². The highest BCUT2D eigenvalue weighted by Gasteiger charge is 2.74. The van der Waals surface area contributed by atoms with E-state index in [1.165, 1.54) is 13.8 Å². The van der Waals surface area contributed by atoms with Crippen LogP contribution in [0.5, 0.6) is 0 Å². The van der Waals surface area contributed by atoms with Crippen molar-refractivity contribution in [1.82, 2.24) is 5.32 Å². The largest absolute Gasteiger partial charge is 0.459 e. The van der Waals surface area contributed by atoms with Gasteiger partial charge >= 0.3 is 11.9 Å². The predicted octanol–water partition coefficient (Wildman–Crippen LogP) is -0.317. The van der Waals surface area contributed by atoms with Crippen LogP contribution in [0.1, 0.15) is 67.7 Å². The lowest BCUT2D eigenvalue weighted by molar-refractivity contribution is -0.331. The van der Waals surface area contributed by atoms with Gasteiger partial charge in [-0.25, -0.2) is 4.79 Å². The maximum atomic E-state index is 14.1. The van der Waals surface area contributed by atoms with Crippen LogP contribution in [0.4, 0.5) is 0 Å². The topological polar surface area (TPSA) is 189 Å². The van der Waals surface area contributed by atoms with Gasteiger partial charge in [-0.2, -0.15) is 0 Å². The molecule has 1 amide bonds. The highest BCUT2D eigenvalue weighted by Crippen LogP contribution is 2.63. The van der Waals surface area contributed by atoms with Gasteiger partial charge in [0.05, 0.1) is 18.8 Å². The number of hydrogen-bond acceptors (Lipinski definition) is 11. The van der Waals surface area contributed by atoms with Gasteiger partial charge in [-0.05, 0) is 37.8 Å². The number of nitrogens with one attached hydrogen (secondary N) is 1. The quantitative estimate of drug-likeness (QED) is 0.216. The van der Waals surface area contributed by atoms with Gasteiger partial charge in [0, 0.05) is 37.0 Å². The Bertz CT molecular complexity index is 1150. The molecule has 12 heteroatoms. The second-order valence-electron chi connectivity index (χ2n) is 12.7. The van der Waals surface area contributed by atoms with E-state index in [1.54, 1.807) is 27.7 Å². The SMILES string of the molecule is CC(=O)N[C@@H](C)[C@@H](O)C(=O)O[C@H]1C[C@@]2(O)C(OC(C)=O)[C@@H]3[C@]4(O)CO[C@@H]4CC[C@@]3(C)C(=O)[C@H](O)C(=C1C)C2(C)C. The fourth-order valence-electron chi connectivity index (χ4n) is 7.63. The molecule has 5 N–H and O–H groups in total. The van der Waals surface area contributed by atoms with Crippen molar-refractivity contribution in [2.45, 2.75) is 115 Å². The molecule has 0 aromatic heterocycles. The highest BCUT2D eigenvalue weighted by molar-refractivity contribution is 5.93. The molecular weight excluding hydrogens is 526 g/mol. The molecule has 1 heterocycles. The van der Waals surface area contributed by atoms with Crippen molar-refractivity contribution in [2.75, 3.05) is 6.61 Å². The van der Waals surface area contributed by atoms with Crippen LogP contribution >= 0.6 is 0 Å². The molecule has 3 aliphatic carbocycles. The van der Waals surface area contributed by atoms with Crippen molar-refractivity contribution in [3.8, 4) is 0 Å². The van der Waals surface area contributed by atoms with Gasteiger partial charge in [0.15, 0.2) is 11.9 Å². The first-order chi connectivity index (χ1) is 18.3. The third-order valence-corrected chi connectivity index (χ3v) is 9.94. The van der Waals surface area contributed by atoms with E-state index >= 15 is 0 Å². The van der Waals surface area contributed by atoms with Gasteiger partial charge in [0.25, 0.3) is 0 Å². The third-order valence-electron chi connectivity index (χ3n) is 9.94. The number of aliphatic hydroxyl groups excluding tert-OH is 2. The van der Waals surface area contributed by atoms with Crippen LogP contribution in [0.3, 0.4) is 0 Å². The number of carbonyl (C=O) groups excluding carboxylic acids is 4. The Labute approximate surface area is 233 Å². The van der Waals surface area contributed by atoms with Crippen LogP contribution < -0.4 is 5.32 Å². The Balaban J connectivity index is 1.87. The van der Waals surface area contributed by atoms with E-state index in [0.717, 1.165) is 6.92 Å². The summed E-state index contributed by atoms with van der Waals surface area (Å²) < 4.78 is 17.0. The molecule has 0 aromatic rings. The number of esters is 2. The first-order valence-corrected chi connectivity index (χ1v) is 13.7. The van der Waals surface area contributed by atoms with E-state index < -0.39 is 88.1 Å². The van der Waals surface area contributed by atoms with E-state index in [-0.39, 0.29) is 25.0 Å². The second kappa shape index (κ2) is 9.87. The third kappa shape index (κ3) is 4.30. The number of fused-ring (bicyclic) bond motifs is 5. The van der Waals surface area contributed by atoms with Crippen LogP contribution in [0, 0.1) is 16.7 Å². The van der Waals surface area contributed by atoms with Crippen LogP contribution in [0.15, 0.2) is 11.1 Å². The van der Waals surface area contributed by atoms with Crippen molar-refractivity contribution in [3.05, 3.63) is 11.1 Å². The molecule has 2 bridgehead atoms. The standard InChI is InChI=1S/C28H41NO11/c1-12-16(40-24(35)19(32)13(2)29-14(3)30)10-28(37)23(39-15(4)31)21-26(7,9-8-17-27(21,36)11-38-17)22(34)20(33)18(12)25(28,5)6/h13,16-17,19-21,23,32-33,36-37H,8-11H2,1-7H3,(H,29,30)/t13-,16-,17+,19+,20+,21-,23?,26+,27-,28+/m0/s1. The molecular formula is C28H41NO11. The Kier molecular flexibility index (Phi) is 7.54. The molecule has 4 aliphatic rings. The molecule has 1 saturated heterocycles. The summed E-state index contributed by atoms with van der Waals surface area (Å²) in [5, 5.41) is 49.0. The monoisotopic (exact) mass is 567 g/mol. The van der Waals surface area contributed by atoms with Crippen molar-refractivity contribution in [2.24, 2.45) is 16.7 Å². The molecule has 12 nitrogen and oxygen atoms in total. The summed E-state index contributed by atoms with van der Waals surface area (Å²) in [6.07, 6.45) is -6.59. The fourth-order valence-corrected chi connectivity index (χ4v) is 7.63. The van der Waals surface area contributed by atoms with Gasteiger partial charge in [-0.3, -0.25) is 14.4 Å². The smallest absolute Gasteiger partial charge is 0.337 e. The Morgan fingerprint density at radius 1 is 1.12 bits per heavy atom. The fraction of sp³-hybridized carbons (Fsp3) is 0.786. The number of amides is 1. The number of aliphatic hydroxyl groups is 4. The van der Waals surface area contributed by atoms with E-state index in [9.17, 15) is 39.6 Å². The van der Waals surface area contributed by atoms with Gasteiger partial charge in [0.1, 0.15) is 29.5 Å². The lowest BCUT2D eigenvalue weighted by Gasteiger charge is -2.66. The maximum Gasteiger partial charge on any atom is 0.337 e. The van der Waals surface area contributed by atoms with Gasteiger partial charge < -0.3 is 40.0 Å². The van der Waals surface area contributed by atoms with Crippen LogP contribution in [-0.4, -0.2) is 98.4 Å². The minimum atomic E-state index is -2.05. The molecule has 3 fully saturated rings. The summed E-state index contributed by atoms with van der Waals surface area (Å²) in [6, 6.07) is -0.986. The number of hydrogen-bond donors (Lipinski definition) is 5. The second-order valence-corrected chi connectivity index (χ2v) is 12.7. The first-order valence-electron chi connectivity index (χ1n) is 13.7. The summed E-state index contributed by atoms with van der Waals surface area (Å²) in [5.41, 5.74) is -6.04. The zero-order valence-electron chi connectivity index (χ0n) is 24.0. The van der Waals surface area contributed by atoms with Gasteiger partial charge in [-0.1, -0.05) is 20.8 Å². The van der Waals surface area contributed by atoms with Crippen LogP contribution in [-0.2, 0) is 33.4 Å². The highest BCUT2D eigenvalue weighted by atomic mass is 16.6. The van der Waals surface area contributed by atoms with Crippen molar-refractivity contribution < 1.29 is 53.8 Å². The summed E-state index contributed by atoms with van der Waals surface area (Å²) in [7, 11) is 0. The molecule has 0 aromatic carbocycles. The zero-order chi connectivity index (χ0) is 30.2. The van der Waals surface area contributed by atoms with E-state index in [2.05, 4.69) is 5.32 Å². The molecule has 1 unspecified atom stereocenters. The molecule has 224 valence electrons. The molecule has 40 heavy (non-hydrogen) atoms. The maximum absolute atomic E-state index is 14.1. The molecule has 0 radical (unpaired) electrons. The number of carbonyl (C=O) groups is 4. The summed E-state index contributed by atoms with van der Waals surface area (Å²) in [4.78, 5) is 51.0. The van der Waals surface area contributed by atoms with E-state index in [0.29, 0.717) is 12.0 Å². The molecule has 10 atom stereocenters. The van der Waals surface area contributed by atoms with Gasteiger partial charge in [-0.15, -0.1) is 0 Å². The Hall–Kier alpha value is -2.38. The Morgan fingerprint density at radius 2 is 1.75 bits per heavy atom. The minimum absolute atomic E-state index is 0.115. The number of Topliss-reactive ketones (excluding diaryl/α,β-unsaturated/α-hetero) is 1. The summed E-state index contributed by atoms with van der Waals surface area (Å²) in [5.74, 6) is -4.07. The average molecular weight is 568 g/mol. The predicted molar refractivity (Wildman–Crippen MR) is 137 cm³/mol. The zero-order valence-corrected chi connectivity index (χ0v) is 24.0. The number of ketones is 1. The molecule has 4 rings (SSSR count). The lowest BCUT2D eigenvalue weighted by atomic mass is 9.45. The molecule has 0 spiro atoms. The van der Waals surface area contributed by atoms with Crippen LogP contribution in [0.25, 0.3) is 0 Å². The van der Waals surface area contributed by atoms with Crippen molar-refractivity contribution in [3.63, 3.8) is 0 Å². The molecule has 1 aliphatic heterocycles. The summed E-state index contributed by atoms with van der Waals surface area (Å²) >= 11 is 0. The summed E-state index contributed by atoms with van der Waals surface area (Å²) in [6.45, 7) is 10.0. The number of rotatable bonds is 5.